The van der Waals surface area contributed by atoms with Crippen LogP contribution in [0.3, 0.4) is 0 Å². The summed E-state index contributed by atoms with van der Waals surface area (Å²) in [6.45, 7) is 16.9. The molecule has 12 heteroatoms. The second-order valence-corrected chi connectivity index (χ2v) is 11.7. The summed E-state index contributed by atoms with van der Waals surface area (Å²) in [5.74, 6) is -2.19. The monoisotopic (exact) mass is 638 g/mol. The molecule has 1 aliphatic rings. The normalized spacial score (nSPS) is 21.2. The lowest BCUT2D eigenvalue weighted by atomic mass is 9.93. The molecule has 0 amide bonds. The molecule has 4 rings (SSSR count). The number of benzene rings is 2. The number of carboxylic acid groups (broad SMARTS) is 1. The van der Waals surface area contributed by atoms with Gasteiger partial charge in [-0.25, -0.2) is 4.79 Å². The van der Waals surface area contributed by atoms with Gasteiger partial charge in [0.15, 0.2) is 23.0 Å². The van der Waals surface area contributed by atoms with E-state index in [1.54, 1.807) is 26.8 Å². The smallest absolute Gasteiger partial charge is 0.335 e. The molecule has 6 N–H and O–H groups in total. The quantitative estimate of drug-likeness (QED) is 0.168. The average molecular weight is 639 g/mol. The number of fused-ring (bicyclic) bond motifs is 1. The molecule has 2 aromatic carbocycles. The predicted molar refractivity (Wildman–Crippen MR) is 168 cm³/mol. The molecule has 3 aromatic rings. The maximum absolute atomic E-state index is 13.7. The summed E-state index contributed by atoms with van der Waals surface area (Å²) in [6, 6.07) is 4.23. The van der Waals surface area contributed by atoms with Crippen LogP contribution in [0.15, 0.2) is 63.9 Å². The zero-order valence-corrected chi connectivity index (χ0v) is 26.0. The largest absolute Gasteiger partial charge is 0.507 e. The molecule has 0 radical (unpaired) electrons. The first kappa shape index (κ1) is 34.3. The maximum atomic E-state index is 13.7. The highest BCUT2D eigenvalue weighted by atomic mass is 16.7. The van der Waals surface area contributed by atoms with Crippen LogP contribution in [-0.2, 0) is 28.8 Å². The van der Waals surface area contributed by atoms with E-state index in [0.717, 1.165) is 0 Å². The molecule has 46 heavy (non-hydrogen) atoms. The van der Waals surface area contributed by atoms with Gasteiger partial charge in [0.1, 0.15) is 46.5 Å². The minimum atomic E-state index is -1.93. The second kappa shape index (κ2) is 13.4. The third kappa shape index (κ3) is 6.51. The lowest BCUT2D eigenvalue weighted by Crippen LogP contribution is -2.61. The molecule has 1 fully saturated rings. The Morgan fingerprint density at radius 3 is 2.02 bits per heavy atom. The van der Waals surface area contributed by atoms with E-state index in [-0.39, 0.29) is 64.4 Å². The van der Waals surface area contributed by atoms with Crippen LogP contribution >= 0.6 is 0 Å². The van der Waals surface area contributed by atoms with E-state index in [4.69, 9.17) is 18.6 Å². The number of aliphatic hydroxyl groups is 3. The maximum Gasteiger partial charge on any atom is 0.335 e. The Morgan fingerprint density at radius 2 is 1.46 bits per heavy atom. The van der Waals surface area contributed by atoms with Gasteiger partial charge in [-0.05, 0) is 39.3 Å². The molecule has 1 saturated heterocycles. The van der Waals surface area contributed by atoms with Crippen molar-refractivity contribution < 1.29 is 54.1 Å². The molecule has 12 nitrogen and oxygen atoms in total. The van der Waals surface area contributed by atoms with E-state index in [0.29, 0.717) is 27.8 Å². The van der Waals surface area contributed by atoms with E-state index in [9.17, 15) is 40.2 Å². The van der Waals surface area contributed by atoms with Crippen LogP contribution in [0, 0.1) is 0 Å². The Balaban J connectivity index is 1.99. The molecule has 5 atom stereocenters. The Kier molecular flexibility index (Phi) is 9.97. The number of hydrogen-bond donors (Lipinski definition) is 6. The first-order valence-electron chi connectivity index (χ1n) is 14.3. The van der Waals surface area contributed by atoms with Gasteiger partial charge < -0.3 is 49.3 Å². The van der Waals surface area contributed by atoms with Gasteiger partial charge in [0.2, 0.25) is 6.29 Å². The van der Waals surface area contributed by atoms with Gasteiger partial charge in [-0.15, -0.1) is 0 Å². The van der Waals surface area contributed by atoms with E-state index in [1.165, 1.54) is 19.2 Å². The zero-order valence-electron chi connectivity index (χ0n) is 26.0. The van der Waals surface area contributed by atoms with Gasteiger partial charge in [-0.1, -0.05) is 36.5 Å². The third-order valence-electron chi connectivity index (χ3n) is 7.51. The van der Waals surface area contributed by atoms with Crippen molar-refractivity contribution in [3.05, 3.63) is 81.6 Å². The highest BCUT2D eigenvalue weighted by Gasteiger charge is 2.48. The lowest BCUT2D eigenvalue weighted by molar-refractivity contribution is -0.271. The summed E-state index contributed by atoms with van der Waals surface area (Å²) in [4.78, 5) is 25.4. The van der Waals surface area contributed by atoms with Crippen molar-refractivity contribution in [2.75, 3.05) is 7.11 Å². The van der Waals surface area contributed by atoms with E-state index >= 15 is 0 Å². The van der Waals surface area contributed by atoms with Crippen molar-refractivity contribution in [2.45, 2.75) is 70.7 Å². The summed E-state index contributed by atoms with van der Waals surface area (Å²) in [5, 5.41) is 62.8. The highest BCUT2D eigenvalue weighted by molar-refractivity contribution is 5.91. The van der Waals surface area contributed by atoms with Crippen molar-refractivity contribution in [3.8, 4) is 34.3 Å². The fraction of sp³-hybridized carbons (Fsp3) is 0.353. The number of aromatic hydroxyl groups is 2. The minimum Gasteiger partial charge on any atom is -0.507 e. The van der Waals surface area contributed by atoms with Crippen molar-refractivity contribution in [1.29, 1.82) is 0 Å². The van der Waals surface area contributed by atoms with E-state index in [1.807, 2.05) is 0 Å². The second-order valence-electron chi connectivity index (χ2n) is 11.7. The Labute approximate surface area is 264 Å². The molecule has 0 aliphatic carbocycles. The van der Waals surface area contributed by atoms with Crippen LogP contribution in [0.1, 0.15) is 37.5 Å². The third-order valence-corrected chi connectivity index (χ3v) is 7.51. The average Bonchev–Trinajstić information content (AvgIpc) is 2.97. The molecule has 1 aromatic heterocycles. The number of carbonyl (C=O) groups is 1. The molecule has 0 saturated carbocycles. The van der Waals surface area contributed by atoms with Crippen LogP contribution in [0.2, 0.25) is 0 Å². The molecule has 2 heterocycles. The van der Waals surface area contributed by atoms with Crippen LogP contribution < -0.4 is 14.9 Å². The Hall–Kier alpha value is -4.62. The topological polar surface area (TPSA) is 196 Å². The lowest BCUT2D eigenvalue weighted by Gasteiger charge is -2.38. The Morgan fingerprint density at radius 1 is 0.870 bits per heavy atom. The van der Waals surface area contributed by atoms with Crippen molar-refractivity contribution in [2.24, 2.45) is 0 Å². The number of aliphatic hydroxyl groups excluding tert-OH is 3. The van der Waals surface area contributed by atoms with Crippen LogP contribution in [0.5, 0.6) is 23.0 Å². The molecular weight excluding hydrogens is 600 g/mol. The summed E-state index contributed by atoms with van der Waals surface area (Å²) in [5.41, 5.74) is 2.25. The molecule has 246 valence electrons. The minimum absolute atomic E-state index is 0.0136. The summed E-state index contributed by atoms with van der Waals surface area (Å²) in [6.07, 6.45) is -9.04. The predicted octanol–water partition coefficient (Wildman–Crippen LogP) is 3.51. The van der Waals surface area contributed by atoms with Crippen LogP contribution in [0.4, 0.5) is 0 Å². The number of phenolic OH excluding ortho intramolecular Hbond substituents is 2. The van der Waals surface area contributed by atoms with Gasteiger partial charge in [0, 0.05) is 41.2 Å². The summed E-state index contributed by atoms with van der Waals surface area (Å²) >= 11 is 0. The zero-order chi connectivity index (χ0) is 34.2. The number of hydrogen-bond acceptors (Lipinski definition) is 11. The molecule has 0 bridgehead atoms. The van der Waals surface area contributed by atoms with Crippen molar-refractivity contribution >= 4 is 16.9 Å². The number of phenols is 2. The molecule has 1 aliphatic heterocycles. The number of aliphatic carboxylic acids is 1. The SMILES string of the molecule is C=C(C)Cc1c(-c2cc(=O)c3c(O)c(CC(=C)C)c(O)c(CC(=C)C)c3o2)ccc(OC)c1O[C@@H]1O[C@H](C(=O)O)C(O)[C@H](O)[C@H]1O. The van der Waals surface area contributed by atoms with E-state index in [2.05, 4.69) is 19.7 Å². The first-order valence-corrected chi connectivity index (χ1v) is 14.3. The summed E-state index contributed by atoms with van der Waals surface area (Å²) in [7, 11) is 1.34. The van der Waals surface area contributed by atoms with Crippen molar-refractivity contribution in [1.82, 2.24) is 0 Å². The van der Waals surface area contributed by atoms with Gasteiger partial charge in [0.25, 0.3) is 0 Å². The molecular formula is C34H38O12. The van der Waals surface area contributed by atoms with Gasteiger partial charge in [-0.2, -0.15) is 0 Å². The number of methoxy groups -OCH3 is 1. The number of rotatable bonds is 11. The van der Waals surface area contributed by atoms with Crippen molar-refractivity contribution in [3.63, 3.8) is 0 Å². The van der Waals surface area contributed by atoms with Gasteiger partial charge in [-0.3, -0.25) is 4.79 Å². The number of ether oxygens (including phenoxy) is 3. The number of allylic oxidation sites excluding steroid dienone is 3. The fourth-order valence-corrected chi connectivity index (χ4v) is 5.42. The Bertz CT molecular complexity index is 1790. The summed E-state index contributed by atoms with van der Waals surface area (Å²) < 4.78 is 23.1. The van der Waals surface area contributed by atoms with E-state index < -0.39 is 47.9 Å². The van der Waals surface area contributed by atoms with Crippen LogP contribution in [0.25, 0.3) is 22.3 Å². The standard InChI is InChI=1S/C34H38O12/c1-14(2)10-18-17(8-9-22(43-7)30(18)45-34-29(40)27(38)28(39)32(46-34)33(41)42)23-13-21(35)24-26(37)19(11-15(3)4)25(36)20(12-16(5)6)31(24)44-23/h8-9,13,27-29,32,34,36-40H,1,3,5,10-12H2,2,4,6-7H3,(H,41,42)/t27-,28?,29+,32-,34+/m0/s1. The van der Waals surface area contributed by atoms with Gasteiger partial charge >= 0.3 is 5.97 Å². The highest BCUT2D eigenvalue weighted by Crippen LogP contribution is 2.44. The molecule has 1 unspecified atom stereocenters. The first-order chi connectivity index (χ1) is 21.6. The fourth-order valence-electron chi connectivity index (χ4n) is 5.42. The van der Waals surface area contributed by atoms with Crippen LogP contribution in [-0.4, -0.2) is 74.4 Å². The van der Waals surface area contributed by atoms with Gasteiger partial charge in [0.05, 0.1) is 7.11 Å². The number of carboxylic acids is 1. The molecule has 0 spiro atoms.